The van der Waals surface area contributed by atoms with Gasteiger partial charge in [-0.1, -0.05) is 25.2 Å². The summed E-state index contributed by atoms with van der Waals surface area (Å²) < 4.78 is 0.192. The third-order valence-corrected chi connectivity index (χ3v) is 3.04. The number of carbonyl (C=O) groups is 2. The van der Waals surface area contributed by atoms with Crippen LogP contribution < -0.4 is 10.6 Å². The third kappa shape index (κ3) is 4.58. The van der Waals surface area contributed by atoms with Gasteiger partial charge >= 0.3 is 0 Å². The second kappa shape index (κ2) is 6.65. The van der Waals surface area contributed by atoms with Crippen molar-refractivity contribution in [3.8, 4) is 0 Å². The van der Waals surface area contributed by atoms with Crippen molar-refractivity contribution >= 4 is 34.8 Å². The van der Waals surface area contributed by atoms with Gasteiger partial charge in [-0.15, -0.1) is 10.2 Å². The number of aromatic nitrogens is 2. The summed E-state index contributed by atoms with van der Waals surface area (Å²) in [6, 6.07) is -0.626. The maximum atomic E-state index is 11.7. The van der Waals surface area contributed by atoms with Gasteiger partial charge in [-0.05, 0) is 24.4 Å². The molecule has 1 rings (SSSR count). The standard InChI is InChI=1S/C10H15ClN4O2S/c1-5(2)4-12-7(16)6(3)13-8(17)9-14-15-10(11)18-9/h5-6H,4H2,1-3H3,(H,12,16)(H,13,17). The van der Waals surface area contributed by atoms with E-state index in [4.69, 9.17) is 11.6 Å². The molecule has 0 spiro atoms. The van der Waals surface area contributed by atoms with Gasteiger partial charge < -0.3 is 10.6 Å². The Balaban J connectivity index is 2.46. The molecule has 0 aliphatic rings. The van der Waals surface area contributed by atoms with Crippen LogP contribution in [0.25, 0.3) is 0 Å². The van der Waals surface area contributed by atoms with Crippen molar-refractivity contribution in [2.75, 3.05) is 6.54 Å². The fourth-order valence-electron chi connectivity index (χ4n) is 1.08. The average molecular weight is 291 g/mol. The third-order valence-electron chi connectivity index (χ3n) is 2.02. The second-order valence-corrected chi connectivity index (χ2v) is 5.75. The van der Waals surface area contributed by atoms with Gasteiger partial charge in [0.25, 0.3) is 5.91 Å². The van der Waals surface area contributed by atoms with Crippen LogP contribution >= 0.6 is 22.9 Å². The Morgan fingerprint density at radius 3 is 2.50 bits per heavy atom. The lowest BCUT2D eigenvalue weighted by Crippen LogP contribution is -2.45. The van der Waals surface area contributed by atoms with Gasteiger partial charge in [0.1, 0.15) is 6.04 Å². The van der Waals surface area contributed by atoms with Crippen LogP contribution in [-0.2, 0) is 4.79 Å². The maximum Gasteiger partial charge on any atom is 0.282 e. The van der Waals surface area contributed by atoms with Crippen molar-refractivity contribution in [1.29, 1.82) is 0 Å². The SMILES string of the molecule is CC(C)CNC(=O)C(C)NC(=O)c1nnc(Cl)s1. The summed E-state index contributed by atoms with van der Waals surface area (Å²) in [5, 5.41) is 12.5. The van der Waals surface area contributed by atoms with E-state index in [9.17, 15) is 9.59 Å². The molecule has 100 valence electrons. The van der Waals surface area contributed by atoms with Crippen LogP contribution in [-0.4, -0.2) is 34.6 Å². The topological polar surface area (TPSA) is 84.0 Å². The Morgan fingerprint density at radius 2 is 2.00 bits per heavy atom. The lowest BCUT2D eigenvalue weighted by molar-refractivity contribution is -0.122. The van der Waals surface area contributed by atoms with E-state index in [0.29, 0.717) is 12.5 Å². The quantitative estimate of drug-likeness (QED) is 0.850. The zero-order chi connectivity index (χ0) is 13.7. The van der Waals surface area contributed by atoms with Crippen LogP contribution in [0.1, 0.15) is 30.6 Å². The van der Waals surface area contributed by atoms with Crippen molar-refractivity contribution in [2.45, 2.75) is 26.8 Å². The number of rotatable bonds is 5. The van der Waals surface area contributed by atoms with E-state index in [-0.39, 0.29) is 15.4 Å². The van der Waals surface area contributed by atoms with E-state index in [1.54, 1.807) is 6.92 Å². The zero-order valence-electron chi connectivity index (χ0n) is 10.4. The molecular formula is C10H15ClN4O2S. The first-order chi connectivity index (χ1) is 8.40. The molecule has 1 aromatic rings. The minimum atomic E-state index is -0.626. The molecule has 0 aromatic carbocycles. The highest BCUT2D eigenvalue weighted by atomic mass is 35.5. The Labute approximate surface area is 114 Å². The van der Waals surface area contributed by atoms with Crippen molar-refractivity contribution in [3.63, 3.8) is 0 Å². The van der Waals surface area contributed by atoms with E-state index in [1.807, 2.05) is 13.8 Å². The molecule has 6 nitrogen and oxygen atoms in total. The van der Waals surface area contributed by atoms with Crippen molar-refractivity contribution in [3.05, 3.63) is 9.47 Å². The maximum absolute atomic E-state index is 11.7. The number of halogens is 1. The molecule has 0 saturated carbocycles. The minimum absolute atomic E-state index is 0.142. The first kappa shape index (κ1) is 14.8. The van der Waals surface area contributed by atoms with E-state index in [1.165, 1.54) is 0 Å². The van der Waals surface area contributed by atoms with Gasteiger partial charge in [0.15, 0.2) is 0 Å². The fourth-order valence-corrected chi connectivity index (χ4v) is 1.81. The van der Waals surface area contributed by atoms with E-state index < -0.39 is 11.9 Å². The smallest absolute Gasteiger partial charge is 0.282 e. The summed E-state index contributed by atoms with van der Waals surface area (Å²) in [4.78, 5) is 23.3. The molecule has 2 N–H and O–H groups in total. The van der Waals surface area contributed by atoms with Crippen molar-refractivity contribution in [1.82, 2.24) is 20.8 Å². The van der Waals surface area contributed by atoms with Crippen LogP contribution in [0.15, 0.2) is 0 Å². The second-order valence-electron chi connectivity index (χ2n) is 4.19. The van der Waals surface area contributed by atoms with Crippen molar-refractivity contribution in [2.24, 2.45) is 5.92 Å². The number of hydrogen-bond donors (Lipinski definition) is 2. The molecule has 0 aliphatic carbocycles. The normalized spacial score (nSPS) is 12.3. The summed E-state index contributed by atoms with van der Waals surface area (Å²) in [7, 11) is 0. The van der Waals surface area contributed by atoms with Crippen LogP contribution in [0, 0.1) is 5.92 Å². The number of nitrogens with one attached hydrogen (secondary N) is 2. The predicted molar refractivity (Wildman–Crippen MR) is 69.7 cm³/mol. The summed E-state index contributed by atoms with van der Waals surface area (Å²) in [5.74, 6) is -0.321. The zero-order valence-corrected chi connectivity index (χ0v) is 11.9. The first-order valence-corrected chi connectivity index (χ1v) is 6.67. The summed E-state index contributed by atoms with van der Waals surface area (Å²) in [6.07, 6.45) is 0. The van der Waals surface area contributed by atoms with Crippen molar-refractivity contribution < 1.29 is 9.59 Å². The molecule has 0 aliphatic heterocycles. The Morgan fingerprint density at radius 1 is 1.33 bits per heavy atom. The number of amides is 2. The van der Waals surface area contributed by atoms with Gasteiger partial charge in [0.05, 0.1) is 0 Å². The predicted octanol–water partition coefficient (Wildman–Crippen LogP) is 1.08. The highest BCUT2D eigenvalue weighted by molar-refractivity contribution is 7.17. The Hall–Kier alpha value is -1.21. The minimum Gasteiger partial charge on any atom is -0.354 e. The highest BCUT2D eigenvalue weighted by Gasteiger charge is 2.19. The molecule has 0 bridgehead atoms. The van der Waals surface area contributed by atoms with Gasteiger partial charge in [-0.3, -0.25) is 9.59 Å². The Bertz CT molecular complexity index is 435. The molecule has 1 aromatic heterocycles. The molecule has 0 saturated heterocycles. The molecule has 8 heteroatoms. The number of hydrogen-bond acceptors (Lipinski definition) is 5. The molecule has 0 radical (unpaired) electrons. The molecule has 1 heterocycles. The monoisotopic (exact) mass is 290 g/mol. The average Bonchev–Trinajstić information content (AvgIpc) is 2.72. The lowest BCUT2D eigenvalue weighted by Gasteiger charge is -2.14. The van der Waals surface area contributed by atoms with Gasteiger partial charge in [-0.2, -0.15) is 0 Å². The van der Waals surface area contributed by atoms with Gasteiger partial charge in [-0.25, -0.2) is 0 Å². The molecule has 2 amide bonds. The number of nitrogens with zero attached hydrogens (tertiary/aromatic N) is 2. The molecule has 1 unspecified atom stereocenters. The van der Waals surface area contributed by atoms with Crippen LogP contribution in [0.5, 0.6) is 0 Å². The molecular weight excluding hydrogens is 276 g/mol. The van der Waals surface area contributed by atoms with Crippen LogP contribution in [0.2, 0.25) is 4.47 Å². The fraction of sp³-hybridized carbons (Fsp3) is 0.600. The van der Waals surface area contributed by atoms with E-state index in [2.05, 4.69) is 20.8 Å². The van der Waals surface area contributed by atoms with Gasteiger partial charge in [0.2, 0.25) is 15.4 Å². The summed E-state index contributed by atoms with van der Waals surface area (Å²) >= 11 is 6.54. The largest absolute Gasteiger partial charge is 0.354 e. The first-order valence-electron chi connectivity index (χ1n) is 5.47. The molecule has 1 atom stereocenters. The van der Waals surface area contributed by atoms with Gasteiger partial charge in [0, 0.05) is 6.54 Å². The number of carbonyl (C=O) groups excluding carboxylic acids is 2. The van der Waals surface area contributed by atoms with Crippen LogP contribution in [0.4, 0.5) is 0 Å². The highest BCUT2D eigenvalue weighted by Crippen LogP contribution is 2.14. The summed E-state index contributed by atoms with van der Waals surface area (Å²) in [5.41, 5.74) is 0. The molecule has 0 fully saturated rings. The van der Waals surface area contributed by atoms with E-state index in [0.717, 1.165) is 11.3 Å². The summed E-state index contributed by atoms with van der Waals surface area (Å²) in [6.45, 7) is 6.17. The molecule has 18 heavy (non-hydrogen) atoms. The lowest BCUT2D eigenvalue weighted by atomic mass is 10.2. The Kier molecular flexibility index (Phi) is 5.49. The van der Waals surface area contributed by atoms with E-state index >= 15 is 0 Å². The van der Waals surface area contributed by atoms with Crippen LogP contribution in [0.3, 0.4) is 0 Å².